The third kappa shape index (κ3) is 2.12. The minimum atomic E-state index is -0.934. The molecule has 1 aromatic heterocycles. The third-order valence-electron chi connectivity index (χ3n) is 3.59. The van der Waals surface area contributed by atoms with Crippen molar-refractivity contribution in [1.29, 1.82) is 0 Å². The quantitative estimate of drug-likeness (QED) is 0.881. The van der Waals surface area contributed by atoms with E-state index in [2.05, 4.69) is 10.1 Å². The monoisotopic (exact) mass is 292 g/mol. The van der Waals surface area contributed by atoms with E-state index in [0.29, 0.717) is 23.7 Å². The Hall–Kier alpha value is -2.08. The number of anilines is 1. The van der Waals surface area contributed by atoms with E-state index in [9.17, 15) is 9.90 Å². The maximum Gasteiger partial charge on any atom is 0.329 e. The van der Waals surface area contributed by atoms with Gasteiger partial charge in [0.25, 0.3) is 0 Å². The number of halogens is 1. The van der Waals surface area contributed by atoms with Gasteiger partial charge < -0.3 is 10.8 Å². The molecule has 2 heterocycles. The van der Waals surface area contributed by atoms with Crippen molar-refractivity contribution in [2.24, 2.45) is 0 Å². The Morgan fingerprint density at radius 3 is 2.75 bits per heavy atom. The second-order valence-electron chi connectivity index (χ2n) is 4.81. The van der Waals surface area contributed by atoms with Crippen LogP contribution in [-0.4, -0.2) is 25.8 Å². The Morgan fingerprint density at radius 1 is 1.40 bits per heavy atom. The number of nitrogens with zero attached hydrogens (tertiary/aromatic N) is 3. The minimum absolute atomic E-state index is 0.114. The number of aryl methyl sites for hydroxylation is 1. The average Bonchev–Trinajstić information content (AvgIpc) is 2.78. The Kier molecular flexibility index (Phi) is 3.10. The summed E-state index contributed by atoms with van der Waals surface area (Å²) in [5.74, 6) is -0.364. The van der Waals surface area contributed by atoms with Crippen LogP contribution in [0, 0.1) is 0 Å². The molecule has 0 saturated carbocycles. The Balaban J connectivity index is 2.04. The van der Waals surface area contributed by atoms with Crippen molar-refractivity contribution in [3.05, 3.63) is 40.7 Å². The van der Waals surface area contributed by atoms with Gasteiger partial charge in [0.05, 0.1) is 0 Å². The van der Waals surface area contributed by atoms with Crippen LogP contribution in [0.1, 0.15) is 29.8 Å². The number of carboxylic acid groups (broad SMARTS) is 1. The van der Waals surface area contributed by atoms with Crippen molar-refractivity contribution in [3.8, 4) is 0 Å². The normalized spacial score (nSPS) is 21.4. The average molecular weight is 293 g/mol. The van der Waals surface area contributed by atoms with Crippen LogP contribution in [0.15, 0.2) is 24.3 Å². The van der Waals surface area contributed by atoms with Crippen molar-refractivity contribution in [1.82, 2.24) is 14.8 Å². The van der Waals surface area contributed by atoms with Gasteiger partial charge in [-0.3, -0.25) is 0 Å². The molecule has 3 N–H and O–H groups in total. The predicted molar refractivity (Wildman–Crippen MR) is 73.6 cm³/mol. The molecule has 0 spiro atoms. The smallest absolute Gasteiger partial charge is 0.329 e. The van der Waals surface area contributed by atoms with Gasteiger partial charge in [0.15, 0.2) is 6.04 Å². The van der Waals surface area contributed by atoms with E-state index < -0.39 is 12.0 Å². The van der Waals surface area contributed by atoms with Gasteiger partial charge in [0.2, 0.25) is 5.95 Å². The molecule has 0 fully saturated rings. The number of rotatable bonds is 2. The van der Waals surface area contributed by atoms with Crippen LogP contribution in [0.25, 0.3) is 0 Å². The van der Waals surface area contributed by atoms with E-state index in [1.807, 2.05) is 12.1 Å². The summed E-state index contributed by atoms with van der Waals surface area (Å²) in [7, 11) is 0. The van der Waals surface area contributed by atoms with Gasteiger partial charge in [0.1, 0.15) is 5.82 Å². The van der Waals surface area contributed by atoms with Crippen LogP contribution >= 0.6 is 11.6 Å². The molecule has 2 atom stereocenters. The number of carbonyl (C=O) groups is 1. The highest BCUT2D eigenvalue weighted by atomic mass is 35.5. The van der Waals surface area contributed by atoms with Gasteiger partial charge in [0, 0.05) is 17.4 Å². The number of nitrogen functional groups attached to an aromatic ring is 1. The van der Waals surface area contributed by atoms with E-state index in [0.717, 1.165) is 5.56 Å². The molecule has 104 valence electrons. The standard InChI is InChI=1S/C13H13ClN4O2/c14-8-3-1-7(2-4-8)9-5-6-10-16-13(15)17-18(10)11(9)12(19)20/h1-4,9,11H,5-6H2,(H2,15,17)(H,19,20). The van der Waals surface area contributed by atoms with Crippen LogP contribution in [0.4, 0.5) is 5.95 Å². The minimum Gasteiger partial charge on any atom is -0.480 e. The number of fused-ring (bicyclic) bond motifs is 1. The van der Waals surface area contributed by atoms with Crippen LogP contribution in [0.2, 0.25) is 5.02 Å². The lowest BCUT2D eigenvalue weighted by atomic mass is 9.85. The predicted octanol–water partition coefficient (Wildman–Crippen LogP) is 1.87. The zero-order valence-corrected chi connectivity index (χ0v) is 11.3. The van der Waals surface area contributed by atoms with E-state index in [4.69, 9.17) is 17.3 Å². The highest BCUT2D eigenvalue weighted by Gasteiger charge is 2.37. The molecule has 0 amide bonds. The van der Waals surface area contributed by atoms with E-state index in [-0.39, 0.29) is 11.9 Å². The number of hydrogen-bond acceptors (Lipinski definition) is 4. The molecule has 6 nitrogen and oxygen atoms in total. The molecule has 0 saturated heterocycles. The molecule has 0 radical (unpaired) electrons. The molecule has 1 aliphatic rings. The first-order chi connectivity index (χ1) is 9.56. The number of aromatic nitrogens is 3. The molecule has 0 bridgehead atoms. The van der Waals surface area contributed by atoms with Crippen molar-refractivity contribution in [2.75, 3.05) is 5.73 Å². The highest BCUT2D eigenvalue weighted by molar-refractivity contribution is 6.30. The summed E-state index contributed by atoms with van der Waals surface area (Å²) >= 11 is 5.87. The van der Waals surface area contributed by atoms with Gasteiger partial charge in [-0.15, -0.1) is 5.10 Å². The zero-order valence-electron chi connectivity index (χ0n) is 10.5. The Labute approximate surface area is 120 Å². The molecule has 20 heavy (non-hydrogen) atoms. The molecule has 1 aliphatic heterocycles. The van der Waals surface area contributed by atoms with Crippen LogP contribution in [-0.2, 0) is 11.2 Å². The highest BCUT2D eigenvalue weighted by Crippen LogP contribution is 2.37. The van der Waals surface area contributed by atoms with Crippen LogP contribution in [0.5, 0.6) is 0 Å². The number of benzene rings is 1. The number of nitrogens with two attached hydrogens (primary N) is 1. The number of carboxylic acids is 1. The first-order valence-electron chi connectivity index (χ1n) is 6.25. The van der Waals surface area contributed by atoms with Crippen LogP contribution < -0.4 is 5.73 Å². The molecule has 3 rings (SSSR count). The molecular weight excluding hydrogens is 280 g/mol. The van der Waals surface area contributed by atoms with Gasteiger partial charge in [-0.05, 0) is 24.1 Å². The summed E-state index contributed by atoms with van der Waals surface area (Å²) in [5, 5.41) is 14.2. The van der Waals surface area contributed by atoms with Gasteiger partial charge >= 0.3 is 5.97 Å². The fourth-order valence-electron chi connectivity index (χ4n) is 2.72. The maximum atomic E-state index is 11.6. The van der Waals surface area contributed by atoms with Gasteiger partial charge in [-0.25, -0.2) is 9.48 Å². The lowest BCUT2D eigenvalue weighted by Crippen LogP contribution is -2.32. The van der Waals surface area contributed by atoms with Crippen molar-refractivity contribution < 1.29 is 9.90 Å². The Bertz CT molecular complexity index is 653. The summed E-state index contributed by atoms with van der Waals surface area (Å²) < 4.78 is 1.43. The molecular formula is C13H13ClN4O2. The van der Waals surface area contributed by atoms with Crippen molar-refractivity contribution >= 4 is 23.5 Å². The third-order valence-corrected chi connectivity index (χ3v) is 3.84. The first kappa shape index (κ1) is 12.9. The second kappa shape index (κ2) is 4.79. The SMILES string of the molecule is Nc1nc2n(n1)C(C(=O)O)C(c1ccc(Cl)cc1)CC2. The molecule has 2 aromatic rings. The molecule has 1 aromatic carbocycles. The van der Waals surface area contributed by atoms with Crippen molar-refractivity contribution in [3.63, 3.8) is 0 Å². The largest absolute Gasteiger partial charge is 0.480 e. The van der Waals surface area contributed by atoms with Gasteiger partial charge in [-0.2, -0.15) is 4.98 Å². The van der Waals surface area contributed by atoms with Gasteiger partial charge in [-0.1, -0.05) is 23.7 Å². The van der Waals surface area contributed by atoms with E-state index in [1.165, 1.54) is 4.68 Å². The number of hydrogen-bond donors (Lipinski definition) is 2. The molecule has 2 unspecified atom stereocenters. The molecule has 7 heteroatoms. The summed E-state index contributed by atoms with van der Waals surface area (Å²) in [5.41, 5.74) is 6.50. The second-order valence-corrected chi connectivity index (χ2v) is 5.25. The maximum absolute atomic E-state index is 11.6. The summed E-state index contributed by atoms with van der Waals surface area (Å²) in [6, 6.07) is 6.45. The first-order valence-corrected chi connectivity index (χ1v) is 6.63. The molecule has 0 aliphatic carbocycles. The van der Waals surface area contributed by atoms with Crippen molar-refractivity contribution in [2.45, 2.75) is 24.8 Å². The topological polar surface area (TPSA) is 94.0 Å². The zero-order chi connectivity index (χ0) is 14.3. The summed E-state index contributed by atoms with van der Waals surface area (Å²) in [6.07, 6.45) is 1.35. The summed E-state index contributed by atoms with van der Waals surface area (Å²) in [4.78, 5) is 15.7. The lowest BCUT2D eigenvalue weighted by Gasteiger charge is -2.29. The van der Waals surface area contributed by atoms with Crippen LogP contribution in [0.3, 0.4) is 0 Å². The lowest BCUT2D eigenvalue weighted by molar-refractivity contribution is -0.142. The van der Waals surface area contributed by atoms with E-state index in [1.54, 1.807) is 12.1 Å². The van der Waals surface area contributed by atoms with E-state index >= 15 is 0 Å². The number of aliphatic carboxylic acids is 1. The summed E-state index contributed by atoms with van der Waals surface area (Å²) in [6.45, 7) is 0. The Morgan fingerprint density at radius 2 is 2.10 bits per heavy atom. The fraction of sp³-hybridized carbons (Fsp3) is 0.308. The fourth-order valence-corrected chi connectivity index (χ4v) is 2.84.